The Morgan fingerprint density at radius 2 is 1.95 bits per heavy atom. The normalized spacial score (nSPS) is 10.6. The van der Waals surface area contributed by atoms with Gasteiger partial charge in [0.2, 0.25) is 0 Å². The number of halogens is 2. The van der Waals surface area contributed by atoms with Gasteiger partial charge in [0.15, 0.2) is 0 Å². The predicted octanol–water partition coefficient (Wildman–Crippen LogP) is 4.12. The summed E-state index contributed by atoms with van der Waals surface area (Å²) >= 11 is 3.52. The van der Waals surface area contributed by atoms with Gasteiger partial charge in [-0.15, -0.1) is 0 Å². The van der Waals surface area contributed by atoms with Crippen LogP contribution in [0.5, 0.6) is 11.5 Å². The summed E-state index contributed by atoms with van der Waals surface area (Å²) in [6.07, 6.45) is 0. The van der Waals surface area contributed by atoms with Crippen molar-refractivity contribution in [3.8, 4) is 11.5 Å². The van der Waals surface area contributed by atoms with Crippen LogP contribution in [0.3, 0.4) is 0 Å². The summed E-state index contributed by atoms with van der Waals surface area (Å²) in [6, 6.07) is 11.8. The number of ether oxygens (including phenoxy) is 2. The molecule has 2 aromatic carbocycles. The molecule has 0 amide bonds. The Kier molecular flexibility index (Phi) is 6.17. The first-order valence-electron chi connectivity index (χ1n) is 6.60. The van der Waals surface area contributed by atoms with E-state index in [0.29, 0.717) is 18.1 Å². The first kappa shape index (κ1) is 15.9. The highest BCUT2D eigenvalue weighted by Gasteiger charge is 2.04. The number of benzene rings is 2. The number of nitrogens with one attached hydrogen (secondary N) is 1. The van der Waals surface area contributed by atoms with Gasteiger partial charge in [0.05, 0.1) is 6.61 Å². The molecule has 0 bridgehead atoms. The van der Waals surface area contributed by atoms with Gasteiger partial charge in [-0.1, -0.05) is 28.1 Å². The maximum Gasteiger partial charge on any atom is 0.130 e. The smallest absolute Gasteiger partial charge is 0.130 e. The average molecular weight is 354 g/mol. The highest BCUT2D eigenvalue weighted by molar-refractivity contribution is 9.10. The zero-order valence-corrected chi connectivity index (χ0v) is 13.3. The van der Waals surface area contributed by atoms with E-state index in [4.69, 9.17) is 9.47 Å². The van der Waals surface area contributed by atoms with Gasteiger partial charge in [-0.25, -0.2) is 4.39 Å². The van der Waals surface area contributed by atoms with Crippen molar-refractivity contribution in [1.82, 2.24) is 5.32 Å². The van der Waals surface area contributed by atoms with Gasteiger partial charge in [0, 0.05) is 30.7 Å². The van der Waals surface area contributed by atoms with Crippen LogP contribution in [-0.2, 0) is 11.3 Å². The molecule has 0 aromatic heterocycles. The van der Waals surface area contributed by atoms with E-state index in [2.05, 4.69) is 21.2 Å². The van der Waals surface area contributed by atoms with E-state index in [1.807, 2.05) is 18.2 Å². The Labute approximate surface area is 132 Å². The molecule has 21 heavy (non-hydrogen) atoms. The van der Waals surface area contributed by atoms with E-state index >= 15 is 0 Å². The third-order valence-electron chi connectivity index (χ3n) is 2.85. The van der Waals surface area contributed by atoms with E-state index in [-0.39, 0.29) is 5.82 Å². The summed E-state index contributed by atoms with van der Waals surface area (Å²) in [5, 5.41) is 3.27. The zero-order valence-electron chi connectivity index (χ0n) is 11.7. The molecular weight excluding hydrogens is 337 g/mol. The van der Waals surface area contributed by atoms with Crippen molar-refractivity contribution in [2.45, 2.75) is 6.54 Å². The molecule has 0 atom stereocenters. The lowest BCUT2D eigenvalue weighted by atomic mass is 10.2. The van der Waals surface area contributed by atoms with Gasteiger partial charge in [-0.3, -0.25) is 0 Å². The molecule has 2 rings (SSSR count). The van der Waals surface area contributed by atoms with Crippen molar-refractivity contribution in [2.75, 3.05) is 20.3 Å². The van der Waals surface area contributed by atoms with Crippen LogP contribution in [0, 0.1) is 5.82 Å². The van der Waals surface area contributed by atoms with Crippen LogP contribution < -0.4 is 10.1 Å². The topological polar surface area (TPSA) is 30.5 Å². The van der Waals surface area contributed by atoms with Crippen LogP contribution >= 0.6 is 15.9 Å². The molecular formula is C16H17BrFNO2. The van der Waals surface area contributed by atoms with Crippen molar-refractivity contribution >= 4 is 15.9 Å². The second-order valence-corrected chi connectivity index (χ2v) is 5.34. The van der Waals surface area contributed by atoms with E-state index < -0.39 is 0 Å². The quantitative estimate of drug-likeness (QED) is 0.759. The summed E-state index contributed by atoms with van der Waals surface area (Å²) in [7, 11) is 1.68. The van der Waals surface area contributed by atoms with E-state index in [0.717, 1.165) is 23.1 Å². The fraction of sp³-hybridized carbons (Fsp3) is 0.250. The maximum absolute atomic E-state index is 13.1. The zero-order chi connectivity index (χ0) is 15.1. The van der Waals surface area contributed by atoms with Crippen LogP contribution in [0.1, 0.15) is 5.56 Å². The summed E-state index contributed by atoms with van der Waals surface area (Å²) in [5.41, 5.74) is 1.12. The van der Waals surface area contributed by atoms with Gasteiger partial charge in [-0.2, -0.15) is 0 Å². The van der Waals surface area contributed by atoms with Crippen LogP contribution in [0.25, 0.3) is 0 Å². The Balaban J connectivity index is 1.98. The second-order valence-electron chi connectivity index (χ2n) is 4.48. The van der Waals surface area contributed by atoms with Crippen molar-refractivity contribution in [3.05, 3.63) is 58.3 Å². The molecule has 0 saturated heterocycles. The summed E-state index contributed by atoms with van der Waals surface area (Å²) in [5.74, 6) is 0.825. The Bertz CT molecular complexity index is 592. The van der Waals surface area contributed by atoms with Crippen molar-refractivity contribution in [1.29, 1.82) is 0 Å². The van der Waals surface area contributed by atoms with E-state index in [1.54, 1.807) is 19.2 Å². The molecule has 0 heterocycles. The average Bonchev–Trinajstić information content (AvgIpc) is 2.45. The van der Waals surface area contributed by atoms with Gasteiger partial charge in [0.1, 0.15) is 17.3 Å². The van der Waals surface area contributed by atoms with Crippen molar-refractivity contribution in [3.63, 3.8) is 0 Å². The summed E-state index contributed by atoms with van der Waals surface area (Å²) in [6.45, 7) is 2.22. The van der Waals surface area contributed by atoms with Crippen molar-refractivity contribution in [2.24, 2.45) is 0 Å². The number of hydrogen-bond acceptors (Lipinski definition) is 3. The van der Waals surface area contributed by atoms with E-state index in [1.165, 1.54) is 12.1 Å². The first-order valence-corrected chi connectivity index (χ1v) is 7.40. The minimum Gasteiger partial charge on any atom is -0.457 e. The Hall–Kier alpha value is -1.43. The first-order chi connectivity index (χ1) is 10.2. The fourth-order valence-electron chi connectivity index (χ4n) is 1.80. The maximum atomic E-state index is 13.1. The molecule has 0 radical (unpaired) electrons. The third-order valence-corrected chi connectivity index (χ3v) is 3.59. The molecule has 1 N–H and O–H groups in total. The lowest BCUT2D eigenvalue weighted by Gasteiger charge is -2.10. The molecule has 0 aliphatic rings. The second kappa shape index (κ2) is 8.12. The minimum atomic E-state index is -0.314. The highest BCUT2D eigenvalue weighted by atomic mass is 79.9. The SMILES string of the molecule is COCCNCc1ccc(Oc2cccc(F)c2)cc1Br. The highest BCUT2D eigenvalue weighted by Crippen LogP contribution is 2.27. The molecule has 0 unspecified atom stereocenters. The molecule has 3 nitrogen and oxygen atoms in total. The summed E-state index contributed by atoms with van der Waals surface area (Å²) < 4.78 is 24.7. The number of rotatable bonds is 7. The van der Waals surface area contributed by atoms with Crippen molar-refractivity contribution < 1.29 is 13.9 Å². The molecule has 2 aromatic rings. The molecule has 112 valence electrons. The molecule has 0 saturated carbocycles. The number of methoxy groups -OCH3 is 1. The Morgan fingerprint density at radius 1 is 1.14 bits per heavy atom. The molecule has 0 spiro atoms. The van der Waals surface area contributed by atoms with Gasteiger partial charge in [0.25, 0.3) is 0 Å². The number of hydrogen-bond donors (Lipinski definition) is 1. The van der Waals surface area contributed by atoms with Crippen LogP contribution in [0.15, 0.2) is 46.9 Å². The molecule has 0 aliphatic heterocycles. The molecule has 0 aliphatic carbocycles. The van der Waals surface area contributed by atoms with Crippen LogP contribution in [0.4, 0.5) is 4.39 Å². The Morgan fingerprint density at radius 3 is 2.67 bits per heavy atom. The fourth-order valence-corrected chi connectivity index (χ4v) is 2.30. The largest absolute Gasteiger partial charge is 0.457 e. The van der Waals surface area contributed by atoms with Crippen LogP contribution in [0.2, 0.25) is 0 Å². The lowest BCUT2D eigenvalue weighted by molar-refractivity contribution is 0.199. The van der Waals surface area contributed by atoms with Crippen LogP contribution in [-0.4, -0.2) is 20.3 Å². The van der Waals surface area contributed by atoms with Gasteiger partial charge in [-0.05, 0) is 29.8 Å². The molecule has 0 fully saturated rings. The summed E-state index contributed by atoms with van der Waals surface area (Å²) in [4.78, 5) is 0. The third kappa shape index (κ3) is 5.12. The minimum absolute atomic E-state index is 0.314. The van der Waals surface area contributed by atoms with Gasteiger partial charge < -0.3 is 14.8 Å². The van der Waals surface area contributed by atoms with Gasteiger partial charge >= 0.3 is 0 Å². The monoisotopic (exact) mass is 353 g/mol. The van der Waals surface area contributed by atoms with E-state index in [9.17, 15) is 4.39 Å². The molecule has 5 heteroatoms. The lowest BCUT2D eigenvalue weighted by Crippen LogP contribution is -2.18. The predicted molar refractivity (Wildman–Crippen MR) is 84.2 cm³/mol. The standard InChI is InChI=1S/C16H17BrFNO2/c1-20-8-7-19-11-12-5-6-15(10-16(12)17)21-14-4-2-3-13(18)9-14/h2-6,9-10,19H,7-8,11H2,1H3.